The van der Waals surface area contributed by atoms with E-state index in [9.17, 15) is 0 Å². The van der Waals surface area contributed by atoms with Gasteiger partial charge >= 0.3 is 0 Å². The standard InChI is InChI=1S/C18H22ClNO/c1-13(2)11-20-12-15-7-8-18(14(3)9-15)21-17-6-4-5-16(19)10-17/h4-10,13,20H,11-12H2,1-3H3. The molecule has 0 spiro atoms. The van der Waals surface area contributed by atoms with Crippen LogP contribution in [0.15, 0.2) is 42.5 Å². The predicted octanol–water partition coefficient (Wildman–Crippen LogP) is 5.19. The van der Waals surface area contributed by atoms with E-state index in [1.807, 2.05) is 30.3 Å². The first-order valence-corrected chi connectivity index (χ1v) is 7.66. The van der Waals surface area contributed by atoms with Crippen LogP contribution >= 0.6 is 11.6 Å². The zero-order valence-electron chi connectivity index (χ0n) is 12.8. The smallest absolute Gasteiger partial charge is 0.130 e. The molecule has 0 fully saturated rings. The second kappa shape index (κ2) is 7.48. The first-order chi connectivity index (χ1) is 10.0. The number of aryl methyl sites for hydroxylation is 1. The Kier molecular flexibility index (Phi) is 5.66. The molecule has 0 saturated heterocycles. The lowest BCUT2D eigenvalue weighted by Gasteiger charge is -2.12. The molecule has 112 valence electrons. The molecule has 2 aromatic carbocycles. The molecule has 21 heavy (non-hydrogen) atoms. The van der Waals surface area contributed by atoms with Gasteiger partial charge in [0, 0.05) is 11.6 Å². The SMILES string of the molecule is Cc1cc(CNCC(C)C)ccc1Oc1cccc(Cl)c1. The van der Waals surface area contributed by atoms with Gasteiger partial charge in [-0.3, -0.25) is 0 Å². The van der Waals surface area contributed by atoms with Crippen molar-refractivity contribution < 1.29 is 4.74 Å². The molecule has 0 amide bonds. The van der Waals surface area contributed by atoms with Crippen molar-refractivity contribution in [2.24, 2.45) is 5.92 Å². The molecule has 2 nitrogen and oxygen atoms in total. The second-order valence-corrected chi connectivity index (χ2v) is 6.12. The van der Waals surface area contributed by atoms with Crippen molar-refractivity contribution in [2.45, 2.75) is 27.3 Å². The quantitative estimate of drug-likeness (QED) is 0.793. The van der Waals surface area contributed by atoms with Crippen molar-refractivity contribution in [2.75, 3.05) is 6.54 Å². The molecular formula is C18H22ClNO. The Morgan fingerprint density at radius 1 is 1.14 bits per heavy atom. The van der Waals surface area contributed by atoms with Crippen LogP contribution in [0, 0.1) is 12.8 Å². The van der Waals surface area contributed by atoms with E-state index in [0.29, 0.717) is 10.9 Å². The van der Waals surface area contributed by atoms with E-state index in [1.54, 1.807) is 0 Å². The Balaban J connectivity index is 2.02. The van der Waals surface area contributed by atoms with Crippen molar-refractivity contribution in [1.82, 2.24) is 5.32 Å². The predicted molar refractivity (Wildman–Crippen MR) is 89.2 cm³/mol. The monoisotopic (exact) mass is 303 g/mol. The number of hydrogen-bond donors (Lipinski definition) is 1. The fraction of sp³-hybridized carbons (Fsp3) is 0.333. The largest absolute Gasteiger partial charge is 0.457 e. The highest BCUT2D eigenvalue weighted by atomic mass is 35.5. The van der Waals surface area contributed by atoms with E-state index < -0.39 is 0 Å². The molecule has 3 heteroatoms. The third-order valence-corrected chi connectivity index (χ3v) is 3.38. The first kappa shape index (κ1) is 15.9. The molecule has 0 aliphatic rings. The zero-order chi connectivity index (χ0) is 15.2. The second-order valence-electron chi connectivity index (χ2n) is 5.68. The highest BCUT2D eigenvalue weighted by Gasteiger charge is 2.04. The number of ether oxygens (including phenoxy) is 1. The minimum absolute atomic E-state index is 0.663. The van der Waals surface area contributed by atoms with Gasteiger partial charge < -0.3 is 10.1 Å². The van der Waals surface area contributed by atoms with E-state index in [0.717, 1.165) is 30.2 Å². The van der Waals surface area contributed by atoms with E-state index in [1.165, 1.54) is 5.56 Å². The van der Waals surface area contributed by atoms with Crippen LogP contribution in [0.25, 0.3) is 0 Å². The summed E-state index contributed by atoms with van der Waals surface area (Å²) in [5.41, 5.74) is 2.39. The lowest BCUT2D eigenvalue weighted by molar-refractivity contribution is 0.478. The van der Waals surface area contributed by atoms with Crippen molar-refractivity contribution in [3.8, 4) is 11.5 Å². The van der Waals surface area contributed by atoms with Crippen LogP contribution in [-0.4, -0.2) is 6.54 Å². The van der Waals surface area contributed by atoms with Crippen LogP contribution in [0.5, 0.6) is 11.5 Å². The molecule has 1 N–H and O–H groups in total. The number of nitrogens with one attached hydrogen (secondary N) is 1. The van der Waals surface area contributed by atoms with Crippen LogP contribution in [0.1, 0.15) is 25.0 Å². The summed E-state index contributed by atoms with van der Waals surface area (Å²) in [5, 5.41) is 4.13. The zero-order valence-corrected chi connectivity index (χ0v) is 13.6. The van der Waals surface area contributed by atoms with Crippen LogP contribution in [0.3, 0.4) is 0 Å². The van der Waals surface area contributed by atoms with E-state index in [-0.39, 0.29) is 0 Å². The van der Waals surface area contributed by atoms with Crippen LogP contribution in [-0.2, 0) is 6.54 Å². The maximum Gasteiger partial charge on any atom is 0.130 e. The van der Waals surface area contributed by atoms with Gasteiger partial charge in [0.2, 0.25) is 0 Å². The molecule has 0 aliphatic heterocycles. The molecule has 0 aliphatic carbocycles. The van der Waals surface area contributed by atoms with Crippen molar-refractivity contribution in [3.63, 3.8) is 0 Å². The molecule has 0 radical (unpaired) electrons. The summed E-state index contributed by atoms with van der Waals surface area (Å²) >= 11 is 5.97. The Hall–Kier alpha value is -1.51. The summed E-state index contributed by atoms with van der Waals surface area (Å²) in [6.45, 7) is 8.39. The number of hydrogen-bond acceptors (Lipinski definition) is 2. The van der Waals surface area contributed by atoms with Gasteiger partial charge in [0.1, 0.15) is 11.5 Å². The third kappa shape index (κ3) is 5.07. The Labute approximate surface area is 132 Å². The average Bonchev–Trinajstić information content (AvgIpc) is 2.41. The summed E-state index contributed by atoms with van der Waals surface area (Å²) in [5.74, 6) is 2.29. The van der Waals surface area contributed by atoms with Gasteiger partial charge in [-0.05, 0) is 54.8 Å². The Bertz CT molecular complexity index is 596. The molecule has 2 rings (SSSR count). The number of halogens is 1. The summed E-state index contributed by atoms with van der Waals surface area (Å²) in [7, 11) is 0. The van der Waals surface area contributed by atoms with E-state index >= 15 is 0 Å². The summed E-state index contributed by atoms with van der Waals surface area (Å²) in [6.07, 6.45) is 0. The van der Waals surface area contributed by atoms with Crippen molar-refractivity contribution in [3.05, 3.63) is 58.6 Å². The van der Waals surface area contributed by atoms with E-state index in [4.69, 9.17) is 16.3 Å². The summed E-state index contributed by atoms with van der Waals surface area (Å²) in [6, 6.07) is 13.7. The van der Waals surface area contributed by atoms with Crippen molar-refractivity contribution >= 4 is 11.6 Å². The normalized spacial score (nSPS) is 10.9. The fourth-order valence-electron chi connectivity index (χ4n) is 2.10. The Morgan fingerprint density at radius 3 is 2.62 bits per heavy atom. The fourth-order valence-corrected chi connectivity index (χ4v) is 2.28. The minimum atomic E-state index is 0.663. The topological polar surface area (TPSA) is 21.3 Å². The molecule has 0 unspecified atom stereocenters. The highest BCUT2D eigenvalue weighted by Crippen LogP contribution is 2.27. The lowest BCUT2D eigenvalue weighted by atomic mass is 10.1. The molecule has 0 heterocycles. The lowest BCUT2D eigenvalue weighted by Crippen LogP contribution is -2.18. The molecular weight excluding hydrogens is 282 g/mol. The molecule has 0 aromatic heterocycles. The van der Waals surface area contributed by atoms with Gasteiger partial charge in [-0.1, -0.05) is 43.6 Å². The van der Waals surface area contributed by atoms with Gasteiger partial charge in [0.15, 0.2) is 0 Å². The molecule has 0 bridgehead atoms. The van der Waals surface area contributed by atoms with Crippen LogP contribution < -0.4 is 10.1 Å². The van der Waals surface area contributed by atoms with Crippen LogP contribution in [0.4, 0.5) is 0 Å². The van der Waals surface area contributed by atoms with E-state index in [2.05, 4.69) is 38.2 Å². The average molecular weight is 304 g/mol. The summed E-state index contributed by atoms with van der Waals surface area (Å²) in [4.78, 5) is 0. The third-order valence-electron chi connectivity index (χ3n) is 3.14. The maximum atomic E-state index is 5.97. The number of rotatable bonds is 6. The molecule has 0 saturated carbocycles. The maximum absolute atomic E-state index is 5.97. The molecule has 2 aromatic rings. The van der Waals surface area contributed by atoms with Gasteiger partial charge in [-0.2, -0.15) is 0 Å². The van der Waals surface area contributed by atoms with Crippen molar-refractivity contribution in [1.29, 1.82) is 0 Å². The first-order valence-electron chi connectivity index (χ1n) is 7.28. The summed E-state index contributed by atoms with van der Waals surface area (Å²) < 4.78 is 5.88. The molecule has 0 atom stereocenters. The van der Waals surface area contributed by atoms with Gasteiger partial charge in [-0.25, -0.2) is 0 Å². The number of benzene rings is 2. The minimum Gasteiger partial charge on any atom is -0.457 e. The van der Waals surface area contributed by atoms with Gasteiger partial charge in [-0.15, -0.1) is 0 Å². The van der Waals surface area contributed by atoms with Gasteiger partial charge in [0.25, 0.3) is 0 Å². The highest BCUT2D eigenvalue weighted by molar-refractivity contribution is 6.30. The van der Waals surface area contributed by atoms with Crippen LogP contribution in [0.2, 0.25) is 5.02 Å². The van der Waals surface area contributed by atoms with Gasteiger partial charge in [0.05, 0.1) is 0 Å². The Morgan fingerprint density at radius 2 is 1.95 bits per heavy atom.